The molecule has 170 valence electrons. The second kappa shape index (κ2) is 8.41. The van der Waals surface area contributed by atoms with E-state index < -0.39 is 22.9 Å². The minimum atomic E-state index is -4.72. The van der Waals surface area contributed by atoms with Gasteiger partial charge in [-0.25, -0.2) is 0 Å². The zero-order chi connectivity index (χ0) is 23.8. The molecule has 0 atom stereocenters. The number of hydrogen-bond donors (Lipinski definition) is 1. The second-order valence-corrected chi connectivity index (χ2v) is 7.21. The number of nitrogens with one attached hydrogen (secondary N) is 1. The van der Waals surface area contributed by atoms with Crippen LogP contribution in [0.1, 0.15) is 11.5 Å². The van der Waals surface area contributed by atoms with Crippen molar-refractivity contribution < 1.29 is 22.4 Å². The van der Waals surface area contributed by atoms with Crippen molar-refractivity contribution in [3.8, 4) is 17.1 Å². The molecule has 3 aromatic carbocycles. The van der Waals surface area contributed by atoms with E-state index in [4.69, 9.17) is 4.74 Å². The van der Waals surface area contributed by atoms with Crippen molar-refractivity contribution in [3.05, 3.63) is 80.4 Å². The number of benzene rings is 2. The fourth-order valence-electron chi connectivity index (χ4n) is 3.27. The third-order valence-corrected chi connectivity index (χ3v) is 4.91. The Kier molecular flexibility index (Phi) is 5.62. The maximum Gasteiger partial charge on any atom is 0.471 e. The lowest BCUT2D eigenvalue weighted by molar-refractivity contribution is -0.159. The van der Waals surface area contributed by atoms with Crippen molar-refractivity contribution in [1.29, 1.82) is 0 Å². The van der Waals surface area contributed by atoms with E-state index in [1.165, 1.54) is 7.11 Å². The molecule has 0 radical (unpaired) electrons. The van der Waals surface area contributed by atoms with Gasteiger partial charge in [0, 0.05) is 30.9 Å². The van der Waals surface area contributed by atoms with E-state index in [-0.39, 0.29) is 23.7 Å². The van der Waals surface area contributed by atoms with Crippen LogP contribution in [0.15, 0.2) is 62.6 Å². The van der Waals surface area contributed by atoms with Gasteiger partial charge in [-0.05, 0) is 17.7 Å². The maximum atomic E-state index is 12.6. The van der Waals surface area contributed by atoms with Crippen molar-refractivity contribution in [2.75, 3.05) is 24.4 Å². The molecule has 4 aromatic rings. The van der Waals surface area contributed by atoms with Gasteiger partial charge in [0.1, 0.15) is 17.1 Å². The minimum absolute atomic E-state index is 0.179. The molecule has 11 heteroatoms. The van der Waals surface area contributed by atoms with Gasteiger partial charge in [0.05, 0.1) is 7.11 Å². The number of aromatic nitrogens is 2. The second-order valence-electron chi connectivity index (χ2n) is 7.21. The van der Waals surface area contributed by atoms with E-state index in [2.05, 4.69) is 20.0 Å². The van der Waals surface area contributed by atoms with Gasteiger partial charge in [-0.3, -0.25) is 9.59 Å². The summed E-state index contributed by atoms with van der Waals surface area (Å²) < 4.78 is 47.3. The molecule has 0 saturated carbocycles. The molecule has 0 spiro atoms. The Hall–Kier alpha value is -4.15. The number of ether oxygens (including phenoxy) is 1. The van der Waals surface area contributed by atoms with E-state index in [9.17, 15) is 22.8 Å². The summed E-state index contributed by atoms with van der Waals surface area (Å²) in [4.78, 5) is 29.3. The van der Waals surface area contributed by atoms with Gasteiger partial charge in [0.25, 0.3) is 10.9 Å². The molecule has 1 heterocycles. The van der Waals surface area contributed by atoms with Gasteiger partial charge >= 0.3 is 12.1 Å². The minimum Gasteiger partial charge on any atom is -0.497 e. The van der Waals surface area contributed by atoms with E-state index in [0.29, 0.717) is 17.0 Å². The summed E-state index contributed by atoms with van der Waals surface area (Å²) in [6.45, 7) is 0.276. The van der Waals surface area contributed by atoms with Crippen molar-refractivity contribution in [2.45, 2.75) is 12.7 Å². The van der Waals surface area contributed by atoms with Gasteiger partial charge in [-0.15, -0.1) is 0 Å². The van der Waals surface area contributed by atoms with Crippen molar-refractivity contribution in [1.82, 2.24) is 10.1 Å². The molecular weight excluding hydrogens is 441 g/mol. The Morgan fingerprint density at radius 3 is 2.45 bits per heavy atom. The first-order chi connectivity index (χ1) is 15.7. The van der Waals surface area contributed by atoms with Crippen molar-refractivity contribution in [2.24, 2.45) is 0 Å². The van der Waals surface area contributed by atoms with E-state index in [1.807, 2.05) is 0 Å². The lowest BCUT2D eigenvalue weighted by Gasteiger charge is -2.24. The van der Waals surface area contributed by atoms with Crippen LogP contribution in [0.25, 0.3) is 11.4 Å². The molecule has 8 nitrogen and oxygen atoms in total. The molecule has 1 aromatic heterocycles. The van der Waals surface area contributed by atoms with Crippen LogP contribution in [0, 0.1) is 0 Å². The lowest BCUT2D eigenvalue weighted by Crippen LogP contribution is -2.40. The third kappa shape index (κ3) is 4.43. The SMILES string of the molecule is COc1cccc(Nc2c(N(C)Cc3ccc(-c4noc(C(F)(F)F)n4)cc3)c(=O)c2=O)c1. The molecule has 0 fully saturated rings. The lowest BCUT2D eigenvalue weighted by atomic mass is 10.1. The Balaban J connectivity index is 1.49. The van der Waals surface area contributed by atoms with E-state index >= 15 is 0 Å². The summed E-state index contributed by atoms with van der Waals surface area (Å²) in [6.07, 6.45) is -4.72. The van der Waals surface area contributed by atoms with E-state index in [0.717, 1.165) is 5.56 Å². The standard InChI is InChI=1S/C22H17F3N4O4/c1-29(17-16(18(30)19(17)31)26-14-4-3-5-15(10-14)32-2)11-12-6-8-13(9-7-12)20-27-21(33-28-20)22(23,24)25/h3-10,26H,11H2,1-2H3. The number of alkyl halides is 3. The third-order valence-electron chi connectivity index (χ3n) is 4.91. The maximum absolute atomic E-state index is 12.6. The predicted molar refractivity (Wildman–Crippen MR) is 114 cm³/mol. The van der Waals surface area contributed by atoms with Crippen LogP contribution in [-0.4, -0.2) is 24.3 Å². The molecule has 33 heavy (non-hydrogen) atoms. The highest BCUT2D eigenvalue weighted by molar-refractivity contribution is 5.79. The first kappa shape index (κ1) is 22.1. The highest BCUT2D eigenvalue weighted by atomic mass is 19.4. The molecule has 0 saturated heterocycles. The molecule has 0 bridgehead atoms. The highest BCUT2D eigenvalue weighted by Gasteiger charge is 2.38. The molecular formula is C22H17F3N4O4. The molecule has 0 aliphatic rings. The van der Waals surface area contributed by atoms with Crippen LogP contribution in [-0.2, 0) is 12.7 Å². The van der Waals surface area contributed by atoms with Crippen LogP contribution in [0.2, 0.25) is 0 Å². The number of anilines is 3. The van der Waals surface area contributed by atoms with Crippen LogP contribution >= 0.6 is 0 Å². The summed E-state index contributed by atoms with van der Waals surface area (Å²) in [7, 11) is 3.18. The number of methoxy groups -OCH3 is 1. The molecule has 0 unspecified atom stereocenters. The number of halogens is 3. The van der Waals surface area contributed by atoms with Crippen LogP contribution in [0.5, 0.6) is 5.75 Å². The van der Waals surface area contributed by atoms with Gasteiger partial charge in [0.2, 0.25) is 5.82 Å². The molecule has 4 rings (SSSR count). The summed E-state index contributed by atoms with van der Waals surface area (Å²) in [6, 6.07) is 13.4. The fraction of sp³-hybridized carbons (Fsp3) is 0.182. The summed E-state index contributed by atoms with van der Waals surface area (Å²) >= 11 is 0. The Bertz CT molecular complexity index is 1360. The van der Waals surface area contributed by atoms with Crippen LogP contribution < -0.4 is 25.8 Å². The summed E-state index contributed by atoms with van der Waals surface area (Å²) in [5.41, 5.74) is 0.882. The van der Waals surface area contributed by atoms with Gasteiger partial charge in [0.15, 0.2) is 0 Å². The number of rotatable bonds is 7. The molecule has 1 N–H and O–H groups in total. The van der Waals surface area contributed by atoms with Gasteiger partial charge in [-0.2, -0.15) is 18.2 Å². The van der Waals surface area contributed by atoms with Gasteiger partial charge < -0.3 is 19.5 Å². The summed E-state index contributed by atoms with van der Waals surface area (Å²) in [5.74, 6) is -1.01. The molecule has 0 aliphatic carbocycles. The monoisotopic (exact) mass is 458 g/mol. The zero-order valence-electron chi connectivity index (χ0n) is 17.4. The highest BCUT2D eigenvalue weighted by Crippen LogP contribution is 2.30. The topological polar surface area (TPSA) is 97.6 Å². The quantitative estimate of drug-likeness (QED) is 0.419. The summed E-state index contributed by atoms with van der Waals surface area (Å²) in [5, 5.41) is 6.32. The Labute approximate surface area is 184 Å². The fourth-order valence-corrected chi connectivity index (χ4v) is 3.27. The first-order valence-corrected chi connectivity index (χ1v) is 9.63. The van der Waals surface area contributed by atoms with E-state index in [1.54, 1.807) is 60.5 Å². The smallest absolute Gasteiger partial charge is 0.471 e. The van der Waals surface area contributed by atoms with Crippen molar-refractivity contribution >= 4 is 17.1 Å². The predicted octanol–water partition coefficient (Wildman–Crippen LogP) is 3.74. The van der Waals surface area contributed by atoms with Gasteiger partial charge in [-0.1, -0.05) is 35.5 Å². The van der Waals surface area contributed by atoms with Crippen LogP contribution in [0.3, 0.4) is 0 Å². The Morgan fingerprint density at radius 2 is 1.82 bits per heavy atom. The van der Waals surface area contributed by atoms with Crippen molar-refractivity contribution in [3.63, 3.8) is 0 Å². The largest absolute Gasteiger partial charge is 0.497 e. The molecule has 0 aliphatic heterocycles. The Morgan fingerprint density at radius 1 is 1.09 bits per heavy atom. The normalized spacial score (nSPS) is 11.5. The molecule has 0 amide bonds. The van der Waals surface area contributed by atoms with Crippen LogP contribution in [0.4, 0.5) is 30.2 Å². The zero-order valence-corrected chi connectivity index (χ0v) is 17.4. The number of hydrogen-bond acceptors (Lipinski definition) is 8. The first-order valence-electron chi connectivity index (χ1n) is 9.63. The average molecular weight is 458 g/mol. The number of nitrogens with zero attached hydrogens (tertiary/aromatic N) is 3. The average Bonchev–Trinajstić information content (AvgIpc) is 3.30.